The van der Waals surface area contributed by atoms with E-state index in [4.69, 9.17) is 22.1 Å². The first-order chi connectivity index (χ1) is 5.70. The SMILES string of the molecule is NC1COc2c1ccc(Br)c2Cl. The molecule has 0 radical (unpaired) electrons. The zero-order chi connectivity index (χ0) is 8.72. The van der Waals surface area contributed by atoms with E-state index in [1.54, 1.807) is 0 Å². The summed E-state index contributed by atoms with van der Waals surface area (Å²) in [6.45, 7) is 0.519. The maximum Gasteiger partial charge on any atom is 0.144 e. The molecule has 1 aromatic rings. The number of nitrogens with two attached hydrogens (primary N) is 1. The maximum atomic E-state index is 5.98. The highest BCUT2D eigenvalue weighted by Crippen LogP contribution is 2.41. The number of fused-ring (bicyclic) bond motifs is 1. The summed E-state index contributed by atoms with van der Waals surface area (Å²) in [5, 5.41) is 0.612. The average Bonchev–Trinajstić information content (AvgIpc) is 2.41. The summed E-state index contributed by atoms with van der Waals surface area (Å²) in [6.07, 6.45) is 0. The van der Waals surface area contributed by atoms with Gasteiger partial charge in [-0.25, -0.2) is 0 Å². The van der Waals surface area contributed by atoms with Crippen LogP contribution in [0, 0.1) is 0 Å². The normalized spacial score (nSPS) is 20.4. The van der Waals surface area contributed by atoms with E-state index in [0.29, 0.717) is 11.6 Å². The van der Waals surface area contributed by atoms with Crippen molar-refractivity contribution in [1.29, 1.82) is 0 Å². The quantitative estimate of drug-likeness (QED) is 0.766. The van der Waals surface area contributed by atoms with Crippen LogP contribution >= 0.6 is 27.5 Å². The van der Waals surface area contributed by atoms with Gasteiger partial charge < -0.3 is 10.5 Å². The van der Waals surface area contributed by atoms with Gasteiger partial charge in [0.05, 0.1) is 11.1 Å². The van der Waals surface area contributed by atoms with Crippen LogP contribution in [-0.4, -0.2) is 6.61 Å². The Morgan fingerprint density at radius 1 is 1.58 bits per heavy atom. The van der Waals surface area contributed by atoms with Crippen LogP contribution in [0.1, 0.15) is 11.6 Å². The smallest absolute Gasteiger partial charge is 0.144 e. The lowest BCUT2D eigenvalue weighted by atomic mass is 10.1. The van der Waals surface area contributed by atoms with Crippen molar-refractivity contribution < 1.29 is 4.74 Å². The van der Waals surface area contributed by atoms with E-state index in [1.807, 2.05) is 12.1 Å². The number of rotatable bonds is 0. The van der Waals surface area contributed by atoms with E-state index in [0.717, 1.165) is 15.8 Å². The summed E-state index contributed by atoms with van der Waals surface area (Å²) in [5.41, 5.74) is 6.76. The minimum absolute atomic E-state index is 0.0365. The molecule has 0 amide bonds. The molecule has 1 unspecified atom stereocenters. The Kier molecular flexibility index (Phi) is 2.02. The molecule has 2 nitrogen and oxygen atoms in total. The van der Waals surface area contributed by atoms with Gasteiger partial charge >= 0.3 is 0 Å². The van der Waals surface area contributed by atoms with Gasteiger partial charge in [0.25, 0.3) is 0 Å². The summed E-state index contributed by atoms with van der Waals surface area (Å²) >= 11 is 9.29. The largest absolute Gasteiger partial charge is 0.490 e. The third-order valence-corrected chi connectivity index (χ3v) is 3.15. The van der Waals surface area contributed by atoms with Crippen molar-refractivity contribution in [2.75, 3.05) is 6.61 Å². The Balaban J connectivity index is 2.60. The van der Waals surface area contributed by atoms with E-state index in [9.17, 15) is 0 Å². The molecule has 4 heteroatoms. The molecule has 1 atom stereocenters. The summed E-state index contributed by atoms with van der Waals surface area (Å²) in [6, 6.07) is 3.78. The number of ether oxygens (including phenoxy) is 1. The van der Waals surface area contributed by atoms with E-state index < -0.39 is 0 Å². The molecule has 1 heterocycles. The number of hydrogen-bond acceptors (Lipinski definition) is 2. The lowest BCUT2D eigenvalue weighted by molar-refractivity contribution is 0.333. The van der Waals surface area contributed by atoms with Gasteiger partial charge in [0.2, 0.25) is 0 Å². The minimum Gasteiger partial charge on any atom is -0.490 e. The summed E-state index contributed by atoms with van der Waals surface area (Å²) in [7, 11) is 0. The molecule has 0 fully saturated rings. The Hall–Kier alpha value is -0.250. The van der Waals surface area contributed by atoms with Gasteiger partial charge in [0, 0.05) is 10.0 Å². The van der Waals surface area contributed by atoms with Gasteiger partial charge in [-0.2, -0.15) is 0 Å². The van der Waals surface area contributed by atoms with Crippen LogP contribution in [0.15, 0.2) is 16.6 Å². The standard InChI is InChI=1S/C8H7BrClNO/c9-5-2-1-4-6(11)3-12-8(4)7(5)10/h1-2,6H,3,11H2. The van der Waals surface area contributed by atoms with Crippen molar-refractivity contribution in [3.05, 3.63) is 27.2 Å². The van der Waals surface area contributed by atoms with Crippen molar-refractivity contribution in [1.82, 2.24) is 0 Å². The fraction of sp³-hybridized carbons (Fsp3) is 0.250. The first-order valence-corrected chi connectivity index (χ1v) is 4.73. The van der Waals surface area contributed by atoms with Gasteiger partial charge in [0.1, 0.15) is 12.4 Å². The molecule has 0 bridgehead atoms. The average molecular weight is 249 g/mol. The van der Waals surface area contributed by atoms with Crippen LogP contribution in [0.5, 0.6) is 5.75 Å². The molecule has 1 aromatic carbocycles. The van der Waals surface area contributed by atoms with Gasteiger partial charge in [-0.3, -0.25) is 0 Å². The monoisotopic (exact) mass is 247 g/mol. The first-order valence-electron chi connectivity index (χ1n) is 3.56. The number of benzene rings is 1. The van der Waals surface area contributed by atoms with E-state index >= 15 is 0 Å². The topological polar surface area (TPSA) is 35.2 Å². The molecule has 0 aromatic heterocycles. The van der Waals surface area contributed by atoms with Crippen molar-refractivity contribution >= 4 is 27.5 Å². The third-order valence-electron chi connectivity index (χ3n) is 1.89. The molecular weight excluding hydrogens is 241 g/mol. The van der Waals surface area contributed by atoms with Crippen LogP contribution in [0.4, 0.5) is 0 Å². The lowest BCUT2D eigenvalue weighted by Crippen LogP contribution is -2.10. The third kappa shape index (κ3) is 1.13. The summed E-state index contributed by atoms with van der Waals surface area (Å²) < 4.78 is 6.18. The zero-order valence-corrected chi connectivity index (χ0v) is 8.52. The summed E-state index contributed by atoms with van der Waals surface area (Å²) in [5.74, 6) is 0.721. The minimum atomic E-state index is -0.0365. The van der Waals surface area contributed by atoms with Crippen molar-refractivity contribution in [3.8, 4) is 5.75 Å². The fourth-order valence-corrected chi connectivity index (χ4v) is 1.79. The van der Waals surface area contributed by atoms with Crippen molar-refractivity contribution in [2.24, 2.45) is 5.73 Å². The molecule has 1 aliphatic heterocycles. The second-order valence-electron chi connectivity index (χ2n) is 2.70. The first kappa shape index (κ1) is 8.35. The van der Waals surface area contributed by atoms with Crippen molar-refractivity contribution in [3.63, 3.8) is 0 Å². The molecule has 0 spiro atoms. The molecule has 0 aliphatic carbocycles. The second-order valence-corrected chi connectivity index (χ2v) is 3.93. The number of hydrogen-bond donors (Lipinski definition) is 1. The van der Waals surface area contributed by atoms with Crippen LogP contribution < -0.4 is 10.5 Å². The Bertz CT molecular complexity index is 329. The van der Waals surface area contributed by atoms with Crippen molar-refractivity contribution in [2.45, 2.75) is 6.04 Å². The van der Waals surface area contributed by atoms with E-state index in [-0.39, 0.29) is 6.04 Å². The highest BCUT2D eigenvalue weighted by Gasteiger charge is 2.23. The van der Waals surface area contributed by atoms with Crippen LogP contribution in [0.3, 0.4) is 0 Å². The molecule has 1 aliphatic rings. The Labute approximate surface area is 83.8 Å². The van der Waals surface area contributed by atoms with Gasteiger partial charge in [-0.1, -0.05) is 17.7 Å². The van der Waals surface area contributed by atoms with E-state index in [1.165, 1.54) is 0 Å². The second kappa shape index (κ2) is 2.91. The Morgan fingerprint density at radius 3 is 3.08 bits per heavy atom. The van der Waals surface area contributed by atoms with Crippen LogP contribution in [0.2, 0.25) is 5.02 Å². The Morgan fingerprint density at radius 2 is 2.33 bits per heavy atom. The van der Waals surface area contributed by atoms with Crippen LogP contribution in [-0.2, 0) is 0 Å². The fourth-order valence-electron chi connectivity index (χ4n) is 1.25. The number of halogens is 2. The lowest BCUT2D eigenvalue weighted by Gasteiger charge is -2.03. The zero-order valence-electron chi connectivity index (χ0n) is 6.18. The van der Waals surface area contributed by atoms with Gasteiger partial charge in [0.15, 0.2) is 0 Å². The van der Waals surface area contributed by atoms with Crippen LogP contribution in [0.25, 0.3) is 0 Å². The molecule has 64 valence electrons. The molecule has 2 N–H and O–H groups in total. The predicted molar refractivity (Wildman–Crippen MR) is 51.6 cm³/mol. The molecule has 0 saturated heterocycles. The predicted octanol–water partition coefficient (Wildman–Crippen LogP) is 2.49. The maximum absolute atomic E-state index is 5.98. The van der Waals surface area contributed by atoms with Gasteiger partial charge in [-0.05, 0) is 22.0 Å². The molecule has 2 rings (SSSR count). The highest BCUT2D eigenvalue weighted by atomic mass is 79.9. The molecule has 12 heavy (non-hydrogen) atoms. The highest BCUT2D eigenvalue weighted by molar-refractivity contribution is 9.10. The van der Waals surface area contributed by atoms with Gasteiger partial charge in [-0.15, -0.1) is 0 Å². The summed E-state index contributed by atoms with van der Waals surface area (Å²) in [4.78, 5) is 0. The molecular formula is C8H7BrClNO. The van der Waals surface area contributed by atoms with E-state index in [2.05, 4.69) is 15.9 Å². The molecule has 0 saturated carbocycles.